The van der Waals surface area contributed by atoms with Gasteiger partial charge in [-0.2, -0.15) is 4.31 Å². The van der Waals surface area contributed by atoms with Crippen LogP contribution in [0.4, 0.5) is 0 Å². The molecule has 0 unspecified atom stereocenters. The molecular formula is C22H25NO6S. The van der Waals surface area contributed by atoms with E-state index in [1.54, 1.807) is 37.4 Å². The van der Waals surface area contributed by atoms with Crippen LogP contribution >= 0.6 is 0 Å². The molecule has 160 valence electrons. The van der Waals surface area contributed by atoms with Crippen LogP contribution in [-0.2, 0) is 10.0 Å². The first kappa shape index (κ1) is 20.7. The van der Waals surface area contributed by atoms with E-state index in [2.05, 4.69) is 0 Å². The number of sulfonamides is 1. The molecule has 0 N–H and O–H groups in total. The van der Waals surface area contributed by atoms with Crippen molar-refractivity contribution in [2.45, 2.75) is 36.7 Å². The summed E-state index contributed by atoms with van der Waals surface area (Å²) in [4.78, 5) is 12.9. The van der Waals surface area contributed by atoms with Gasteiger partial charge in [0.25, 0.3) is 0 Å². The molecular weight excluding hydrogens is 406 g/mol. The first-order valence-corrected chi connectivity index (χ1v) is 11.3. The maximum Gasteiger partial charge on any atom is 0.246 e. The Morgan fingerprint density at radius 1 is 1.03 bits per heavy atom. The lowest BCUT2D eigenvalue weighted by molar-refractivity contribution is 0.00576. The van der Waals surface area contributed by atoms with Gasteiger partial charge in [0, 0.05) is 32.0 Å². The predicted octanol–water partition coefficient (Wildman–Crippen LogP) is 3.20. The van der Waals surface area contributed by atoms with Crippen molar-refractivity contribution in [1.29, 1.82) is 0 Å². The summed E-state index contributed by atoms with van der Waals surface area (Å²) in [6.45, 7) is 2.38. The topological polar surface area (TPSA) is 82.1 Å². The third-order valence-electron chi connectivity index (χ3n) is 5.87. The lowest BCUT2D eigenvalue weighted by Gasteiger charge is -2.43. The molecule has 0 atom stereocenters. The molecule has 7 nitrogen and oxygen atoms in total. The van der Waals surface area contributed by atoms with Crippen LogP contribution in [0.2, 0.25) is 0 Å². The molecule has 0 aliphatic carbocycles. The summed E-state index contributed by atoms with van der Waals surface area (Å²) in [5, 5.41) is 0. The number of hydrogen-bond donors (Lipinski definition) is 0. The Kier molecular flexibility index (Phi) is 5.23. The number of rotatable bonds is 4. The molecule has 4 rings (SSSR count). The smallest absolute Gasteiger partial charge is 0.246 e. The Labute approximate surface area is 176 Å². The predicted molar refractivity (Wildman–Crippen MR) is 111 cm³/mol. The van der Waals surface area contributed by atoms with Gasteiger partial charge >= 0.3 is 0 Å². The second kappa shape index (κ2) is 7.59. The number of aryl methyl sites for hydroxylation is 1. The van der Waals surface area contributed by atoms with Gasteiger partial charge in [-0.15, -0.1) is 0 Å². The van der Waals surface area contributed by atoms with Crippen molar-refractivity contribution in [1.82, 2.24) is 4.31 Å². The molecule has 0 aromatic heterocycles. The summed E-state index contributed by atoms with van der Waals surface area (Å²) in [6, 6.07) is 10.3. The van der Waals surface area contributed by atoms with Crippen molar-refractivity contribution in [2.24, 2.45) is 0 Å². The van der Waals surface area contributed by atoms with Gasteiger partial charge in [0.05, 0.1) is 26.2 Å². The van der Waals surface area contributed by atoms with Gasteiger partial charge < -0.3 is 14.2 Å². The van der Waals surface area contributed by atoms with E-state index in [0.717, 1.165) is 5.56 Å². The molecule has 2 aliphatic heterocycles. The SMILES string of the molecule is COc1ccc2c(c1)OC1(CCN(S(=O)(=O)c3cc(C)ccc3OC)CC1)CC2=O. The van der Waals surface area contributed by atoms with Crippen LogP contribution in [0.3, 0.4) is 0 Å². The fourth-order valence-corrected chi connectivity index (χ4v) is 5.82. The first-order chi connectivity index (χ1) is 14.3. The zero-order valence-electron chi connectivity index (χ0n) is 17.3. The highest BCUT2D eigenvalue weighted by Crippen LogP contribution is 2.42. The van der Waals surface area contributed by atoms with E-state index in [0.29, 0.717) is 35.7 Å². The van der Waals surface area contributed by atoms with Gasteiger partial charge in [-0.3, -0.25) is 4.79 Å². The van der Waals surface area contributed by atoms with Crippen LogP contribution in [0.5, 0.6) is 17.2 Å². The van der Waals surface area contributed by atoms with Crippen molar-refractivity contribution in [3.63, 3.8) is 0 Å². The second-order valence-corrected chi connectivity index (χ2v) is 9.71. The number of ether oxygens (including phenoxy) is 3. The molecule has 0 bridgehead atoms. The second-order valence-electron chi connectivity index (χ2n) is 7.81. The molecule has 0 saturated carbocycles. The summed E-state index contributed by atoms with van der Waals surface area (Å²) in [5.41, 5.74) is 0.690. The minimum absolute atomic E-state index is 0.00978. The van der Waals surface area contributed by atoms with Gasteiger partial charge in [-0.05, 0) is 36.8 Å². The van der Waals surface area contributed by atoms with Crippen molar-refractivity contribution in [2.75, 3.05) is 27.3 Å². The van der Waals surface area contributed by atoms with Gasteiger partial charge in [-0.25, -0.2) is 8.42 Å². The van der Waals surface area contributed by atoms with Crippen molar-refractivity contribution >= 4 is 15.8 Å². The normalized spacial score (nSPS) is 18.6. The summed E-state index contributed by atoms with van der Waals surface area (Å²) >= 11 is 0. The highest BCUT2D eigenvalue weighted by molar-refractivity contribution is 7.89. The number of ketones is 1. The molecule has 2 aromatic carbocycles. The molecule has 2 heterocycles. The van der Waals surface area contributed by atoms with Gasteiger partial charge in [-0.1, -0.05) is 6.07 Å². The first-order valence-electron chi connectivity index (χ1n) is 9.83. The minimum atomic E-state index is -3.72. The molecule has 0 radical (unpaired) electrons. The summed E-state index contributed by atoms with van der Waals surface area (Å²) in [5.74, 6) is 1.45. The van der Waals surface area contributed by atoms with E-state index in [9.17, 15) is 13.2 Å². The summed E-state index contributed by atoms with van der Waals surface area (Å²) < 4.78 is 44.7. The number of carbonyl (C=O) groups is 1. The van der Waals surface area contributed by atoms with Crippen LogP contribution in [0, 0.1) is 6.92 Å². The molecule has 2 aromatic rings. The quantitative estimate of drug-likeness (QED) is 0.739. The van der Waals surface area contributed by atoms with Crippen molar-refractivity contribution in [3.8, 4) is 17.2 Å². The van der Waals surface area contributed by atoms with Crippen LogP contribution in [-0.4, -0.2) is 51.4 Å². The van der Waals surface area contributed by atoms with Gasteiger partial charge in [0.15, 0.2) is 5.78 Å². The third-order valence-corrected chi connectivity index (χ3v) is 7.79. The average molecular weight is 432 g/mol. The van der Waals surface area contributed by atoms with E-state index in [1.165, 1.54) is 11.4 Å². The van der Waals surface area contributed by atoms with E-state index < -0.39 is 15.6 Å². The van der Waals surface area contributed by atoms with Gasteiger partial charge in [0.2, 0.25) is 10.0 Å². The number of methoxy groups -OCH3 is 2. The number of carbonyl (C=O) groups excluding carboxylic acids is 1. The number of nitrogens with zero attached hydrogens (tertiary/aromatic N) is 1. The lowest BCUT2D eigenvalue weighted by Crippen LogP contribution is -2.52. The van der Waals surface area contributed by atoms with Crippen LogP contribution in [0.15, 0.2) is 41.3 Å². The Morgan fingerprint density at radius 2 is 1.77 bits per heavy atom. The standard InChI is InChI=1S/C22H25NO6S/c1-15-4-7-19(28-3)21(12-15)30(25,26)23-10-8-22(9-11-23)14-18(24)17-6-5-16(27-2)13-20(17)29-22/h4-7,12-13H,8-11,14H2,1-3H3. The lowest BCUT2D eigenvalue weighted by atomic mass is 9.83. The molecule has 8 heteroatoms. The van der Waals surface area contributed by atoms with E-state index >= 15 is 0 Å². The average Bonchev–Trinajstić information content (AvgIpc) is 2.73. The maximum absolute atomic E-state index is 13.3. The van der Waals surface area contributed by atoms with Crippen LogP contribution in [0.25, 0.3) is 0 Å². The Hall–Kier alpha value is -2.58. The van der Waals surface area contributed by atoms with Gasteiger partial charge in [0.1, 0.15) is 27.7 Å². The third kappa shape index (κ3) is 3.54. The molecule has 1 spiro atoms. The number of benzene rings is 2. The maximum atomic E-state index is 13.3. The fraction of sp³-hybridized carbons (Fsp3) is 0.409. The largest absolute Gasteiger partial charge is 0.497 e. The van der Waals surface area contributed by atoms with Crippen molar-refractivity contribution < 1.29 is 27.4 Å². The Bertz CT molecular complexity index is 1090. The number of fused-ring (bicyclic) bond motifs is 1. The van der Waals surface area contributed by atoms with E-state index in [4.69, 9.17) is 14.2 Å². The van der Waals surface area contributed by atoms with E-state index in [-0.39, 0.29) is 30.2 Å². The molecule has 1 saturated heterocycles. The number of hydrogen-bond acceptors (Lipinski definition) is 6. The van der Waals surface area contributed by atoms with Crippen LogP contribution < -0.4 is 14.2 Å². The monoisotopic (exact) mass is 431 g/mol. The molecule has 0 amide bonds. The highest BCUT2D eigenvalue weighted by atomic mass is 32.2. The number of Topliss-reactive ketones (excluding diaryl/α,β-unsaturated/α-hetero) is 1. The summed E-state index contributed by atoms with van der Waals surface area (Å²) in [6.07, 6.45) is 1.11. The van der Waals surface area contributed by atoms with Crippen molar-refractivity contribution in [3.05, 3.63) is 47.5 Å². The number of piperidine rings is 1. The molecule has 1 fully saturated rings. The fourth-order valence-electron chi connectivity index (χ4n) is 4.14. The Balaban J connectivity index is 1.57. The highest BCUT2D eigenvalue weighted by Gasteiger charge is 2.45. The van der Waals surface area contributed by atoms with Crippen LogP contribution in [0.1, 0.15) is 35.2 Å². The summed E-state index contributed by atoms with van der Waals surface area (Å²) in [7, 11) is -0.699. The molecule has 30 heavy (non-hydrogen) atoms. The van der Waals surface area contributed by atoms with E-state index in [1.807, 2.05) is 13.0 Å². The zero-order valence-corrected chi connectivity index (χ0v) is 18.1. The minimum Gasteiger partial charge on any atom is -0.497 e. The zero-order chi connectivity index (χ0) is 21.5. The Morgan fingerprint density at radius 3 is 2.43 bits per heavy atom. The molecule has 2 aliphatic rings.